The Bertz CT molecular complexity index is 272. The van der Waals surface area contributed by atoms with E-state index in [2.05, 4.69) is 24.2 Å². The molecule has 2 heterocycles. The molecule has 1 saturated heterocycles. The fraction of sp³-hybridized carbons (Fsp3) is 1.00. The highest BCUT2D eigenvalue weighted by Crippen LogP contribution is 2.37. The van der Waals surface area contributed by atoms with E-state index in [1.165, 1.54) is 0 Å². The predicted molar refractivity (Wildman–Crippen MR) is 59.7 cm³/mol. The first kappa shape index (κ1) is 11.8. The van der Waals surface area contributed by atoms with Gasteiger partial charge in [0.05, 0.1) is 18.6 Å². The Morgan fingerprint density at radius 1 is 1.50 bits per heavy atom. The topological polar surface area (TPSA) is 57.4 Å². The molecule has 2 aliphatic heterocycles. The number of ether oxygens (including phenoxy) is 1. The molecule has 5 nitrogen and oxygen atoms in total. The molecule has 1 N–H and O–H groups in total. The van der Waals surface area contributed by atoms with E-state index in [0.29, 0.717) is 18.6 Å². The van der Waals surface area contributed by atoms with Crippen LogP contribution in [0, 0.1) is 11.8 Å². The number of aliphatic hydroxyl groups is 1. The van der Waals surface area contributed by atoms with Crippen molar-refractivity contribution in [1.29, 1.82) is 0 Å². The molecule has 0 bridgehead atoms. The maximum Gasteiger partial charge on any atom is 0.159 e. The summed E-state index contributed by atoms with van der Waals surface area (Å²) >= 11 is 0. The van der Waals surface area contributed by atoms with Crippen molar-refractivity contribution in [3.63, 3.8) is 0 Å². The number of fused-ring (bicyclic) bond motifs is 1. The van der Waals surface area contributed by atoms with Gasteiger partial charge in [0.1, 0.15) is 0 Å². The quantitative estimate of drug-likeness (QED) is 0.742. The van der Waals surface area contributed by atoms with Crippen LogP contribution in [0.1, 0.15) is 27.2 Å². The summed E-state index contributed by atoms with van der Waals surface area (Å²) < 4.78 is 5.33. The second-order valence-electron chi connectivity index (χ2n) is 4.82. The van der Waals surface area contributed by atoms with Crippen molar-refractivity contribution in [2.45, 2.75) is 45.6 Å². The van der Waals surface area contributed by atoms with Gasteiger partial charge < -0.3 is 9.84 Å². The molecule has 5 atom stereocenters. The minimum atomic E-state index is -0.688. The van der Waals surface area contributed by atoms with Gasteiger partial charge in [-0.2, -0.15) is 5.11 Å². The van der Waals surface area contributed by atoms with E-state index in [4.69, 9.17) is 4.74 Å². The summed E-state index contributed by atoms with van der Waals surface area (Å²) in [6.07, 6.45) is 0.346. The number of aliphatic hydroxyl groups excluding tert-OH is 1. The van der Waals surface area contributed by atoms with E-state index < -0.39 is 6.29 Å². The highest BCUT2D eigenvalue weighted by Gasteiger charge is 2.44. The third kappa shape index (κ3) is 1.94. The fourth-order valence-electron chi connectivity index (χ4n) is 3.00. The van der Waals surface area contributed by atoms with Crippen LogP contribution < -0.4 is 0 Å². The van der Waals surface area contributed by atoms with Gasteiger partial charge in [0.2, 0.25) is 0 Å². The van der Waals surface area contributed by atoms with Crippen LogP contribution in [0.5, 0.6) is 0 Å². The summed E-state index contributed by atoms with van der Waals surface area (Å²) in [6, 6.07) is 0.622. The van der Waals surface area contributed by atoms with Gasteiger partial charge in [-0.3, -0.25) is 5.01 Å². The van der Waals surface area contributed by atoms with Crippen molar-refractivity contribution >= 4 is 0 Å². The summed E-state index contributed by atoms with van der Waals surface area (Å²) in [4.78, 5) is 0. The third-order valence-electron chi connectivity index (χ3n) is 3.77. The van der Waals surface area contributed by atoms with Crippen LogP contribution in [-0.4, -0.2) is 41.6 Å². The molecule has 92 valence electrons. The van der Waals surface area contributed by atoms with Crippen molar-refractivity contribution < 1.29 is 9.84 Å². The molecular formula is C11H21N3O2. The molecule has 0 aromatic rings. The highest BCUT2D eigenvalue weighted by molar-refractivity contribution is 4.93. The zero-order valence-electron chi connectivity index (χ0n) is 10.2. The van der Waals surface area contributed by atoms with E-state index in [-0.39, 0.29) is 12.0 Å². The number of piperidine rings is 1. The van der Waals surface area contributed by atoms with Crippen molar-refractivity contribution in [1.82, 2.24) is 5.01 Å². The van der Waals surface area contributed by atoms with Gasteiger partial charge in [0.15, 0.2) is 6.29 Å². The van der Waals surface area contributed by atoms with Crippen molar-refractivity contribution in [3.05, 3.63) is 0 Å². The van der Waals surface area contributed by atoms with Crippen LogP contribution in [0.2, 0.25) is 0 Å². The third-order valence-corrected chi connectivity index (χ3v) is 3.77. The Labute approximate surface area is 96.5 Å². The minimum Gasteiger partial charge on any atom is -0.368 e. The molecule has 0 saturated carbocycles. The van der Waals surface area contributed by atoms with E-state index in [0.717, 1.165) is 13.0 Å². The molecule has 5 unspecified atom stereocenters. The summed E-state index contributed by atoms with van der Waals surface area (Å²) in [5, 5.41) is 20.3. The molecule has 16 heavy (non-hydrogen) atoms. The summed E-state index contributed by atoms with van der Waals surface area (Å²) in [5.74, 6) is 0.564. The van der Waals surface area contributed by atoms with Crippen LogP contribution in [0.25, 0.3) is 0 Å². The predicted octanol–water partition coefficient (Wildman–Crippen LogP) is 1.44. The Kier molecular flexibility index (Phi) is 3.44. The van der Waals surface area contributed by atoms with Gasteiger partial charge in [-0.15, -0.1) is 0 Å². The standard InChI is InChI=1S/C11H21N3O2/c1-4-16-11(15)10-7(2)5-9-6-12-13-14(9)8(10)3/h7-11,15H,4-6H2,1-3H3. The number of hydrogen-bond donors (Lipinski definition) is 1. The lowest BCUT2D eigenvalue weighted by molar-refractivity contribution is -0.172. The molecule has 0 aromatic heterocycles. The van der Waals surface area contributed by atoms with E-state index in [1.807, 2.05) is 11.9 Å². The average molecular weight is 227 g/mol. The number of nitrogens with zero attached hydrogens (tertiary/aromatic N) is 3. The second-order valence-corrected chi connectivity index (χ2v) is 4.82. The highest BCUT2D eigenvalue weighted by atomic mass is 16.6. The largest absolute Gasteiger partial charge is 0.368 e. The zero-order chi connectivity index (χ0) is 11.7. The lowest BCUT2D eigenvalue weighted by Gasteiger charge is -2.44. The Balaban J connectivity index is 2.08. The molecule has 0 amide bonds. The Hall–Kier alpha value is -0.680. The fourth-order valence-corrected chi connectivity index (χ4v) is 3.00. The zero-order valence-corrected chi connectivity index (χ0v) is 10.2. The molecule has 1 fully saturated rings. The van der Waals surface area contributed by atoms with Gasteiger partial charge in [-0.1, -0.05) is 12.1 Å². The molecule has 5 heteroatoms. The first-order valence-electron chi connectivity index (χ1n) is 6.10. The van der Waals surface area contributed by atoms with Crippen LogP contribution in [0.15, 0.2) is 10.3 Å². The molecule has 0 spiro atoms. The van der Waals surface area contributed by atoms with Crippen LogP contribution in [0.4, 0.5) is 0 Å². The second kappa shape index (κ2) is 4.67. The van der Waals surface area contributed by atoms with E-state index in [9.17, 15) is 5.11 Å². The molecule has 0 aliphatic carbocycles. The van der Waals surface area contributed by atoms with Crippen LogP contribution >= 0.6 is 0 Å². The van der Waals surface area contributed by atoms with Crippen LogP contribution in [0.3, 0.4) is 0 Å². The minimum absolute atomic E-state index is 0.119. The molecule has 2 aliphatic rings. The lowest BCUT2D eigenvalue weighted by Crippen LogP contribution is -2.53. The first-order chi connectivity index (χ1) is 7.65. The molecular weight excluding hydrogens is 206 g/mol. The number of hydrogen-bond acceptors (Lipinski definition) is 5. The lowest BCUT2D eigenvalue weighted by atomic mass is 9.78. The first-order valence-corrected chi connectivity index (χ1v) is 6.10. The normalized spacial score (nSPS) is 39.9. The van der Waals surface area contributed by atoms with Crippen molar-refractivity contribution in [2.24, 2.45) is 22.2 Å². The van der Waals surface area contributed by atoms with Crippen molar-refractivity contribution in [3.8, 4) is 0 Å². The average Bonchev–Trinajstić information content (AvgIpc) is 2.66. The van der Waals surface area contributed by atoms with Crippen LogP contribution in [-0.2, 0) is 4.74 Å². The molecule has 0 radical (unpaired) electrons. The Morgan fingerprint density at radius 2 is 2.25 bits per heavy atom. The smallest absolute Gasteiger partial charge is 0.159 e. The monoisotopic (exact) mass is 227 g/mol. The maximum absolute atomic E-state index is 10.0. The molecule has 2 rings (SSSR count). The summed E-state index contributed by atoms with van der Waals surface area (Å²) in [7, 11) is 0. The van der Waals surface area contributed by atoms with Gasteiger partial charge >= 0.3 is 0 Å². The van der Waals surface area contributed by atoms with E-state index >= 15 is 0 Å². The van der Waals surface area contributed by atoms with Gasteiger partial charge in [0, 0.05) is 12.5 Å². The van der Waals surface area contributed by atoms with Gasteiger partial charge in [0.25, 0.3) is 0 Å². The van der Waals surface area contributed by atoms with Gasteiger partial charge in [-0.25, -0.2) is 0 Å². The Morgan fingerprint density at radius 3 is 2.94 bits per heavy atom. The summed E-state index contributed by atoms with van der Waals surface area (Å²) in [6.45, 7) is 7.52. The van der Waals surface area contributed by atoms with E-state index in [1.54, 1.807) is 0 Å². The number of rotatable bonds is 3. The molecule has 0 aromatic carbocycles. The van der Waals surface area contributed by atoms with Gasteiger partial charge in [-0.05, 0) is 26.2 Å². The summed E-state index contributed by atoms with van der Waals surface area (Å²) in [5.41, 5.74) is 0. The SMILES string of the molecule is CCOC(O)C1C(C)CC2CN=NN2C1C. The maximum atomic E-state index is 10.0. The van der Waals surface area contributed by atoms with Crippen molar-refractivity contribution in [2.75, 3.05) is 13.2 Å².